The monoisotopic (exact) mass is 243 g/mol. The van der Waals surface area contributed by atoms with Crippen molar-refractivity contribution in [1.29, 1.82) is 0 Å². The molecule has 1 fully saturated rings. The lowest BCUT2D eigenvalue weighted by atomic mass is 9.87. The quantitative estimate of drug-likeness (QED) is 0.831. The Morgan fingerprint density at radius 1 is 1.44 bits per heavy atom. The zero-order valence-corrected chi connectivity index (χ0v) is 10.4. The molecule has 2 unspecified atom stereocenters. The zero-order chi connectivity index (χ0) is 10.9. The van der Waals surface area contributed by atoms with Crippen molar-refractivity contribution in [3.05, 3.63) is 29.8 Å². The molecular weight excluding hydrogens is 226 g/mol. The van der Waals surface area contributed by atoms with Crippen LogP contribution in [0.3, 0.4) is 0 Å². The van der Waals surface area contributed by atoms with Crippen molar-refractivity contribution in [2.45, 2.75) is 25.0 Å². The molecule has 0 bridgehead atoms. The summed E-state index contributed by atoms with van der Waals surface area (Å²) < 4.78 is 5.28. The molecule has 1 aromatic rings. The molecule has 2 N–H and O–H groups in total. The minimum absolute atomic E-state index is 0. The molecule has 3 nitrogen and oxygen atoms in total. The molecule has 90 valence electrons. The lowest BCUT2D eigenvalue weighted by molar-refractivity contribution is 0.0270. The van der Waals surface area contributed by atoms with Crippen molar-refractivity contribution < 1.29 is 9.84 Å². The van der Waals surface area contributed by atoms with Gasteiger partial charge >= 0.3 is 0 Å². The Balaban J connectivity index is 0.00000128. The maximum atomic E-state index is 10.6. The molecule has 2 atom stereocenters. The van der Waals surface area contributed by atoms with E-state index in [-0.39, 0.29) is 18.4 Å². The fourth-order valence-electron chi connectivity index (χ4n) is 2.23. The van der Waals surface area contributed by atoms with Crippen LogP contribution in [0, 0.1) is 0 Å². The number of nitrogens with one attached hydrogen (secondary N) is 1. The molecule has 1 saturated heterocycles. The van der Waals surface area contributed by atoms with E-state index in [1.165, 1.54) is 0 Å². The number of para-hydroxylation sites is 1. The number of halogens is 1. The Hall–Kier alpha value is -0.770. The molecule has 0 amide bonds. The first-order chi connectivity index (χ1) is 7.18. The standard InChI is InChI=1S/C12H17NO2.ClH/c1-9-12(14,7-8-13-9)10-5-3-4-6-11(10)15-2;/h3-6,9,13-14H,7-8H2,1-2H3;1H. The van der Waals surface area contributed by atoms with E-state index in [1.807, 2.05) is 31.2 Å². The van der Waals surface area contributed by atoms with Crippen LogP contribution in [0.4, 0.5) is 0 Å². The first-order valence-electron chi connectivity index (χ1n) is 5.28. The van der Waals surface area contributed by atoms with Crippen LogP contribution in [-0.4, -0.2) is 24.8 Å². The molecule has 0 radical (unpaired) electrons. The number of aliphatic hydroxyl groups is 1. The number of hydrogen-bond acceptors (Lipinski definition) is 3. The van der Waals surface area contributed by atoms with Crippen LogP contribution in [0.25, 0.3) is 0 Å². The highest BCUT2D eigenvalue weighted by atomic mass is 35.5. The Labute approximate surface area is 102 Å². The number of methoxy groups -OCH3 is 1. The normalized spacial score (nSPS) is 28.6. The van der Waals surface area contributed by atoms with Crippen molar-refractivity contribution in [2.24, 2.45) is 0 Å². The molecule has 0 spiro atoms. The van der Waals surface area contributed by atoms with Crippen molar-refractivity contribution in [1.82, 2.24) is 5.32 Å². The van der Waals surface area contributed by atoms with Crippen LogP contribution < -0.4 is 10.1 Å². The van der Waals surface area contributed by atoms with Crippen LogP contribution in [0.1, 0.15) is 18.9 Å². The summed E-state index contributed by atoms with van der Waals surface area (Å²) in [4.78, 5) is 0. The highest BCUT2D eigenvalue weighted by Gasteiger charge is 2.41. The van der Waals surface area contributed by atoms with Crippen molar-refractivity contribution in [3.8, 4) is 5.75 Å². The molecule has 1 aromatic carbocycles. The van der Waals surface area contributed by atoms with Gasteiger partial charge < -0.3 is 15.2 Å². The van der Waals surface area contributed by atoms with Gasteiger partial charge in [0.1, 0.15) is 11.4 Å². The molecule has 1 aliphatic rings. The summed E-state index contributed by atoms with van der Waals surface area (Å²) in [5.74, 6) is 0.760. The minimum Gasteiger partial charge on any atom is -0.496 e. The van der Waals surface area contributed by atoms with E-state index in [0.717, 1.165) is 24.3 Å². The third-order valence-corrected chi connectivity index (χ3v) is 3.25. The van der Waals surface area contributed by atoms with Gasteiger partial charge in [-0.2, -0.15) is 0 Å². The van der Waals surface area contributed by atoms with Crippen LogP contribution >= 0.6 is 12.4 Å². The lowest BCUT2D eigenvalue weighted by Crippen LogP contribution is -2.37. The Bertz CT molecular complexity index is 359. The van der Waals surface area contributed by atoms with E-state index in [0.29, 0.717) is 0 Å². The minimum atomic E-state index is -0.799. The highest BCUT2D eigenvalue weighted by Crippen LogP contribution is 2.37. The summed E-state index contributed by atoms with van der Waals surface area (Å²) in [5.41, 5.74) is 0.0806. The van der Waals surface area contributed by atoms with Crippen LogP contribution in [0.5, 0.6) is 5.75 Å². The third kappa shape index (κ3) is 2.03. The Morgan fingerprint density at radius 3 is 2.69 bits per heavy atom. The summed E-state index contributed by atoms with van der Waals surface area (Å²) in [6.07, 6.45) is 0.731. The van der Waals surface area contributed by atoms with Gasteiger partial charge in [-0.1, -0.05) is 18.2 Å². The molecule has 0 aromatic heterocycles. The predicted octanol–water partition coefficient (Wildman–Crippen LogP) is 1.69. The van der Waals surface area contributed by atoms with Gasteiger partial charge in [-0.25, -0.2) is 0 Å². The van der Waals surface area contributed by atoms with Gasteiger partial charge in [-0.05, 0) is 26.0 Å². The van der Waals surface area contributed by atoms with Gasteiger partial charge in [-0.15, -0.1) is 12.4 Å². The SMILES string of the molecule is COc1ccccc1C1(O)CCNC1C.Cl. The fourth-order valence-corrected chi connectivity index (χ4v) is 2.23. The van der Waals surface area contributed by atoms with E-state index < -0.39 is 5.60 Å². The summed E-state index contributed by atoms with van der Waals surface area (Å²) >= 11 is 0. The summed E-state index contributed by atoms with van der Waals surface area (Å²) in [5, 5.41) is 13.9. The first kappa shape index (κ1) is 13.3. The number of rotatable bonds is 2. The van der Waals surface area contributed by atoms with Gasteiger partial charge in [0.2, 0.25) is 0 Å². The number of hydrogen-bond donors (Lipinski definition) is 2. The molecule has 0 aliphatic carbocycles. The Kier molecular flexibility index (Phi) is 4.19. The second-order valence-corrected chi connectivity index (χ2v) is 4.05. The van der Waals surface area contributed by atoms with Crippen molar-refractivity contribution in [3.63, 3.8) is 0 Å². The van der Waals surface area contributed by atoms with Crippen molar-refractivity contribution in [2.75, 3.05) is 13.7 Å². The zero-order valence-electron chi connectivity index (χ0n) is 9.56. The second kappa shape index (κ2) is 5.04. The average Bonchev–Trinajstić information content (AvgIpc) is 2.60. The second-order valence-electron chi connectivity index (χ2n) is 4.05. The summed E-state index contributed by atoms with van der Waals surface area (Å²) in [6.45, 7) is 2.84. The maximum Gasteiger partial charge on any atom is 0.125 e. The molecule has 4 heteroatoms. The van der Waals surface area contributed by atoms with Gasteiger partial charge in [0.05, 0.1) is 7.11 Å². The molecule has 2 rings (SSSR count). The van der Waals surface area contributed by atoms with E-state index in [9.17, 15) is 5.11 Å². The van der Waals surface area contributed by atoms with Gasteiger partial charge in [0, 0.05) is 11.6 Å². The van der Waals surface area contributed by atoms with E-state index >= 15 is 0 Å². The largest absolute Gasteiger partial charge is 0.496 e. The summed E-state index contributed by atoms with van der Waals surface area (Å²) in [6, 6.07) is 7.73. The number of benzene rings is 1. The fraction of sp³-hybridized carbons (Fsp3) is 0.500. The average molecular weight is 244 g/mol. The number of ether oxygens (including phenoxy) is 1. The van der Waals surface area contributed by atoms with E-state index in [1.54, 1.807) is 7.11 Å². The van der Waals surface area contributed by atoms with E-state index in [2.05, 4.69) is 5.32 Å². The van der Waals surface area contributed by atoms with E-state index in [4.69, 9.17) is 4.74 Å². The maximum absolute atomic E-state index is 10.6. The predicted molar refractivity (Wildman–Crippen MR) is 66.2 cm³/mol. The van der Waals surface area contributed by atoms with Crippen LogP contribution in [-0.2, 0) is 5.60 Å². The van der Waals surface area contributed by atoms with Crippen LogP contribution in [0.15, 0.2) is 24.3 Å². The molecular formula is C12H18ClNO2. The smallest absolute Gasteiger partial charge is 0.125 e. The molecule has 16 heavy (non-hydrogen) atoms. The highest BCUT2D eigenvalue weighted by molar-refractivity contribution is 5.85. The Morgan fingerprint density at radius 2 is 2.12 bits per heavy atom. The van der Waals surface area contributed by atoms with Crippen molar-refractivity contribution >= 4 is 12.4 Å². The lowest BCUT2D eigenvalue weighted by Gasteiger charge is -2.29. The molecule has 0 saturated carbocycles. The third-order valence-electron chi connectivity index (χ3n) is 3.25. The van der Waals surface area contributed by atoms with Gasteiger partial charge in [-0.3, -0.25) is 0 Å². The van der Waals surface area contributed by atoms with Gasteiger partial charge in [0.15, 0.2) is 0 Å². The summed E-state index contributed by atoms with van der Waals surface area (Å²) in [7, 11) is 1.63. The first-order valence-corrected chi connectivity index (χ1v) is 5.28. The van der Waals surface area contributed by atoms with Gasteiger partial charge in [0.25, 0.3) is 0 Å². The molecule has 1 aliphatic heterocycles. The topological polar surface area (TPSA) is 41.5 Å². The van der Waals surface area contributed by atoms with Crippen LogP contribution in [0.2, 0.25) is 0 Å². The molecule has 1 heterocycles.